The highest BCUT2D eigenvalue weighted by Crippen LogP contribution is 2.32. The lowest BCUT2D eigenvalue weighted by Crippen LogP contribution is -2.26. The second-order valence-electron chi connectivity index (χ2n) is 4.23. The van der Waals surface area contributed by atoms with Gasteiger partial charge >= 0.3 is 0 Å². The molecule has 0 saturated carbocycles. The number of rotatable bonds is 5. The first-order valence-corrected chi connectivity index (χ1v) is 8.68. The van der Waals surface area contributed by atoms with Crippen molar-refractivity contribution in [2.75, 3.05) is 0 Å². The molecule has 2 aromatic rings. The average Bonchev–Trinajstić information content (AvgIpc) is 2.89. The summed E-state index contributed by atoms with van der Waals surface area (Å²) in [6, 6.07) is 2.01. The normalized spacial score (nSPS) is 14.6. The van der Waals surface area contributed by atoms with Gasteiger partial charge < -0.3 is 0 Å². The van der Waals surface area contributed by atoms with Gasteiger partial charge in [0.2, 0.25) is 5.91 Å². The van der Waals surface area contributed by atoms with Crippen LogP contribution in [0.25, 0.3) is 9.40 Å². The summed E-state index contributed by atoms with van der Waals surface area (Å²) in [7, 11) is -1.43. The predicted molar refractivity (Wildman–Crippen MR) is 78.3 cm³/mol. The van der Waals surface area contributed by atoms with Crippen molar-refractivity contribution in [3.63, 3.8) is 0 Å². The Hall–Kier alpha value is -0.720. The first-order chi connectivity index (χ1) is 8.61. The summed E-state index contributed by atoms with van der Waals surface area (Å²) in [5, 5.41) is 3.84. The van der Waals surface area contributed by atoms with Crippen LogP contribution in [0.5, 0.6) is 0 Å². The number of carbonyl (C=O) groups excluding carboxylic acids is 1. The molecular formula is C12H15NO2S3. The van der Waals surface area contributed by atoms with Gasteiger partial charge in [-0.2, -0.15) is 0 Å². The fourth-order valence-electron chi connectivity index (χ4n) is 1.53. The van der Waals surface area contributed by atoms with Crippen LogP contribution in [0, 0.1) is 5.92 Å². The molecule has 0 fully saturated rings. The number of hydrogen-bond donors (Lipinski definition) is 1. The molecule has 0 aliphatic carbocycles. The van der Waals surface area contributed by atoms with E-state index in [-0.39, 0.29) is 5.91 Å². The Bertz CT molecular complexity index is 573. The molecule has 98 valence electrons. The number of amides is 1. The van der Waals surface area contributed by atoms with Gasteiger partial charge in [0.15, 0.2) is 11.0 Å². The van der Waals surface area contributed by atoms with Crippen molar-refractivity contribution >= 4 is 49.0 Å². The largest absolute Gasteiger partial charge is 0.274 e. The Morgan fingerprint density at radius 3 is 3.00 bits per heavy atom. The molecule has 2 aromatic heterocycles. The van der Waals surface area contributed by atoms with Crippen LogP contribution in [-0.2, 0) is 15.8 Å². The summed E-state index contributed by atoms with van der Waals surface area (Å²) in [4.78, 5) is 12.4. The topological polar surface area (TPSA) is 46.2 Å². The monoisotopic (exact) mass is 301 g/mol. The molecule has 6 heteroatoms. The zero-order valence-electron chi connectivity index (χ0n) is 10.3. The van der Waals surface area contributed by atoms with Gasteiger partial charge in [-0.1, -0.05) is 20.3 Å². The molecule has 1 unspecified atom stereocenters. The van der Waals surface area contributed by atoms with Gasteiger partial charge in [-0.25, -0.2) is 4.21 Å². The van der Waals surface area contributed by atoms with Crippen molar-refractivity contribution in [2.24, 2.45) is 5.92 Å². The Kier molecular flexibility index (Phi) is 4.53. The molecule has 2 heterocycles. The lowest BCUT2D eigenvalue weighted by atomic mass is 10.1. The van der Waals surface area contributed by atoms with Crippen molar-refractivity contribution in [2.45, 2.75) is 31.6 Å². The van der Waals surface area contributed by atoms with Crippen molar-refractivity contribution < 1.29 is 9.00 Å². The van der Waals surface area contributed by atoms with Crippen LogP contribution in [0.4, 0.5) is 0 Å². The van der Waals surface area contributed by atoms with E-state index in [2.05, 4.69) is 4.72 Å². The average molecular weight is 301 g/mol. The molecule has 0 radical (unpaired) electrons. The van der Waals surface area contributed by atoms with Gasteiger partial charge in [-0.05, 0) is 17.4 Å². The molecule has 0 spiro atoms. The van der Waals surface area contributed by atoms with Gasteiger partial charge in [-0.3, -0.25) is 9.52 Å². The highest BCUT2D eigenvalue weighted by atomic mass is 32.2. The van der Waals surface area contributed by atoms with Crippen LogP contribution >= 0.6 is 22.7 Å². The lowest BCUT2D eigenvalue weighted by Gasteiger charge is -2.08. The molecular weight excluding hydrogens is 286 g/mol. The highest BCUT2D eigenvalue weighted by Gasteiger charge is 2.15. The Morgan fingerprint density at radius 1 is 1.50 bits per heavy atom. The molecule has 1 N–H and O–H groups in total. The van der Waals surface area contributed by atoms with Crippen molar-refractivity contribution in [3.8, 4) is 0 Å². The summed E-state index contributed by atoms with van der Waals surface area (Å²) < 4.78 is 16.8. The minimum absolute atomic E-state index is 0.140. The van der Waals surface area contributed by atoms with Crippen molar-refractivity contribution in [1.29, 1.82) is 0 Å². The van der Waals surface area contributed by atoms with Crippen molar-refractivity contribution in [3.05, 3.63) is 16.8 Å². The number of carbonyl (C=O) groups is 1. The molecule has 18 heavy (non-hydrogen) atoms. The molecule has 0 aliphatic rings. The van der Waals surface area contributed by atoms with Gasteiger partial charge in [0, 0.05) is 16.5 Å². The third-order valence-corrected chi connectivity index (χ3v) is 6.22. The zero-order chi connectivity index (χ0) is 13.1. The summed E-state index contributed by atoms with van der Waals surface area (Å²) in [5.41, 5.74) is 0. The van der Waals surface area contributed by atoms with Crippen LogP contribution in [0.1, 0.15) is 26.7 Å². The number of hydrogen-bond acceptors (Lipinski definition) is 4. The number of thiophene rings is 2. The van der Waals surface area contributed by atoms with E-state index in [0.717, 1.165) is 20.7 Å². The summed E-state index contributed by atoms with van der Waals surface area (Å²) in [6.07, 6.45) is 1.38. The number of nitrogens with one attached hydrogen (secondary N) is 1. The molecule has 0 saturated heterocycles. The van der Waals surface area contributed by atoms with Gasteiger partial charge in [0.05, 0.1) is 9.60 Å². The van der Waals surface area contributed by atoms with E-state index < -0.39 is 11.0 Å². The van der Waals surface area contributed by atoms with Gasteiger partial charge in [-0.15, -0.1) is 22.7 Å². The first kappa shape index (κ1) is 13.7. The SMILES string of the molecule is CC[C@H](C)CC(=O)NS(=O)c1csc2ccsc12. The Morgan fingerprint density at radius 2 is 2.28 bits per heavy atom. The third kappa shape index (κ3) is 2.99. The minimum Gasteiger partial charge on any atom is -0.274 e. The van der Waals surface area contributed by atoms with E-state index in [1.807, 2.05) is 30.7 Å². The fraction of sp³-hybridized carbons (Fsp3) is 0.417. The quantitative estimate of drug-likeness (QED) is 0.918. The third-order valence-electron chi connectivity index (χ3n) is 2.78. The maximum atomic E-state index is 12.1. The van der Waals surface area contributed by atoms with E-state index in [0.29, 0.717) is 12.3 Å². The summed E-state index contributed by atoms with van der Waals surface area (Å²) >= 11 is 3.12. The van der Waals surface area contributed by atoms with E-state index in [9.17, 15) is 9.00 Å². The van der Waals surface area contributed by atoms with Crippen LogP contribution in [0.3, 0.4) is 0 Å². The smallest absolute Gasteiger partial charge is 0.232 e. The summed E-state index contributed by atoms with van der Waals surface area (Å²) in [6.45, 7) is 4.06. The van der Waals surface area contributed by atoms with Gasteiger partial charge in [0.25, 0.3) is 0 Å². The van der Waals surface area contributed by atoms with Crippen LogP contribution in [0.15, 0.2) is 21.7 Å². The maximum Gasteiger partial charge on any atom is 0.232 e. The van der Waals surface area contributed by atoms with Crippen LogP contribution in [0.2, 0.25) is 0 Å². The number of fused-ring (bicyclic) bond motifs is 1. The molecule has 0 bridgehead atoms. The maximum absolute atomic E-state index is 12.1. The fourth-order valence-corrected chi connectivity index (χ4v) is 5.00. The van der Waals surface area contributed by atoms with E-state index in [4.69, 9.17) is 0 Å². The first-order valence-electron chi connectivity index (χ1n) is 5.77. The predicted octanol–water partition coefficient (Wildman–Crippen LogP) is 3.54. The summed E-state index contributed by atoms with van der Waals surface area (Å²) in [5.74, 6) is 0.185. The molecule has 3 nitrogen and oxygen atoms in total. The van der Waals surface area contributed by atoms with Gasteiger partial charge in [0.1, 0.15) is 0 Å². The second kappa shape index (κ2) is 5.95. The molecule has 0 aromatic carbocycles. The lowest BCUT2D eigenvalue weighted by molar-refractivity contribution is -0.120. The Balaban J connectivity index is 2.04. The Labute approximate surface area is 117 Å². The van der Waals surface area contributed by atoms with Crippen molar-refractivity contribution in [1.82, 2.24) is 4.72 Å². The highest BCUT2D eigenvalue weighted by molar-refractivity contribution is 7.84. The van der Waals surface area contributed by atoms with Crippen LogP contribution < -0.4 is 4.72 Å². The van der Waals surface area contributed by atoms with E-state index in [1.165, 1.54) is 0 Å². The molecule has 0 aliphatic heterocycles. The van der Waals surface area contributed by atoms with Crippen LogP contribution in [-0.4, -0.2) is 10.1 Å². The second-order valence-corrected chi connectivity index (χ2v) is 7.23. The van der Waals surface area contributed by atoms with E-state index >= 15 is 0 Å². The minimum atomic E-state index is -1.43. The van der Waals surface area contributed by atoms with E-state index in [1.54, 1.807) is 22.7 Å². The molecule has 2 rings (SSSR count). The standard InChI is InChI=1S/C12H15NO2S3/c1-3-8(2)6-11(14)13-18(15)10-7-17-9-4-5-16-12(9)10/h4-5,7-8H,3,6H2,1-2H3,(H,13,14)/t8-,18?/m0/s1. The molecule has 1 amide bonds. The zero-order valence-corrected chi connectivity index (χ0v) is 12.7. The molecule has 2 atom stereocenters.